The molecule has 1 atom stereocenters. The summed E-state index contributed by atoms with van der Waals surface area (Å²) in [5.41, 5.74) is 2.31. The zero-order valence-corrected chi connectivity index (χ0v) is 13.5. The van der Waals surface area contributed by atoms with Crippen molar-refractivity contribution in [2.75, 3.05) is 12.3 Å². The highest BCUT2D eigenvalue weighted by Gasteiger charge is 2.18. The van der Waals surface area contributed by atoms with Gasteiger partial charge < -0.3 is 4.74 Å². The molecule has 2 nitrogen and oxygen atoms in total. The van der Waals surface area contributed by atoms with Crippen molar-refractivity contribution < 1.29 is 4.74 Å². The summed E-state index contributed by atoms with van der Waals surface area (Å²) in [7, 11) is 0. The molecule has 0 aromatic heterocycles. The monoisotopic (exact) mass is 319 g/mol. The van der Waals surface area contributed by atoms with Gasteiger partial charge in [-0.05, 0) is 18.6 Å². The molecule has 2 aromatic carbocycles. The average molecular weight is 320 g/mol. The molecule has 0 radical (unpaired) electrons. The van der Waals surface area contributed by atoms with E-state index in [0.717, 1.165) is 28.7 Å². The van der Waals surface area contributed by atoms with Crippen LogP contribution in [0.2, 0.25) is 0 Å². The SMILES string of the molecule is CC(Oc1ccccc1-c1ccccc1)C1=NCCS1.Cl. The molecule has 21 heavy (non-hydrogen) atoms. The van der Waals surface area contributed by atoms with Crippen LogP contribution in [0.25, 0.3) is 11.1 Å². The Bertz CT molecular complexity index is 615. The zero-order valence-electron chi connectivity index (χ0n) is 11.9. The molecule has 0 spiro atoms. The summed E-state index contributed by atoms with van der Waals surface area (Å²) in [5.74, 6) is 1.99. The highest BCUT2D eigenvalue weighted by Crippen LogP contribution is 2.31. The number of aliphatic imine (C=N–C) groups is 1. The summed E-state index contributed by atoms with van der Waals surface area (Å²) in [5, 5.41) is 1.10. The molecular formula is C17H18ClNOS. The van der Waals surface area contributed by atoms with Crippen molar-refractivity contribution in [2.45, 2.75) is 13.0 Å². The second kappa shape index (κ2) is 7.53. The van der Waals surface area contributed by atoms with Crippen LogP contribution in [-0.2, 0) is 0 Å². The van der Waals surface area contributed by atoms with E-state index in [-0.39, 0.29) is 18.5 Å². The van der Waals surface area contributed by atoms with Crippen LogP contribution in [0.5, 0.6) is 5.75 Å². The molecule has 3 rings (SSSR count). The standard InChI is InChI=1S/C17H17NOS.ClH/c1-13(17-18-11-12-20-17)19-16-10-6-5-9-15(16)14-7-3-2-4-8-14;/h2-10,13H,11-12H2,1H3;1H. The van der Waals surface area contributed by atoms with E-state index in [0.29, 0.717) is 0 Å². The number of nitrogens with zero attached hydrogens (tertiary/aromatic N) is 1. The Labute approximate surface area is 136 Å². The topological polar surface area (TPSA) is 21.6 Å². The summed E-state index contributed by atoms with van der Waals surface area (Å²) in [6.45, 7) is 2.98. The van der Waals surface area contributed by atoms with Crippen molar-refractivity contribution in [3.05, 3.63) is 54.6 Å². The molecule has 0 amide bonds. The van der Waals surface area contributed by atoms with Crippen LogP contribution in [0.15, 0.2) is 59.6 Å². The van der Waals surface area contributed by atoms with Gasteiger partial charge in [0, 0.05) is 17.9 Å². The number of halogens is 1. The van der Waals surface area contributed by atoms with Gasteiger partial charge in [-0.15, -0.1) is 24.2 Å². The van der Waals surface area contributed by atoms with Gasteiger partial charge in [0.2, 0.25) is 0 Å². The third-order valence-corrected chi connectivity index (χ3v) is 4.38. The van der Waals surface area contributed by atoms with Crippen molar-refractivity contribution in [1.82, 2.24) is 0 Å². The van der Waals surface area contributed by atoms with Gasteiger partial charge in [0.15, 0.2) is 0 Å². The van der Waals surface area contributed by atoms with E-state index in [9.17, 15) is 0 Å². The van der Waals surface area contributed by atoms with Crippen molar-refractivity contribution >= 4 is 29.2 Å². The smallest absolute Gasteiger partial charge is 0.143 e. The van der Waals surface area contributed by atoms with Crippen molar-refractivity contribution in [2.24, 2.45) is 4.99 Å². The second-order valence-corrected chi connectivity index (χ2v) is 5.81. The molecule has 0 fully saturated rings. The molecule has 0 bridgehead atoms. The van der Waals surface area contributed by atoms with Gasteiger partial charge in [0.05, 0.1) is 0 Å². The van der Waals surface area contributed by atoms with Crippen LogP contribution in [0.3, 0.4) is 0 Å². The minimum atomic E-state index is 0. The minimum absolute atomic E-state index is 0. The van der Waals surface area contributed by atoms with Crippen LogP contribution in [0.1, 0.15) is 6.92 Å². The summed E-state index contributed by atoms with van der Waals surface area (Å²) < 4.78 is 6.13. The number of para-hydroxylation sites is 1. The van der Waals surface area contributed by atoms with Gasteiger partial charge >= 0.3 is 0 Å². The van der Waals surface area contributed by atoms with Crippen molar-refractivity contribution in [1.29, 1.82) is 0 Å². The number of rotatable bonds is 4. The van der Waals surface area contributed by atoms with E-state index in [4.69, 9.17) is 4.74 Å². The predicted molar refractivity (Wildman–Crippen MR) is 94.0 cm³/mol. The van der Waals surface area contributed by atoms with Crippen LogP contribution in [0, 0.1) is 0 Å². The van der Waals surface area contributed by atoms with Gasteiger partial charge in [-0.25, -0.2) is 0 Å². The molecule has 0 N–H and O–H groups in total. The number of benzene rings is 2. The third kappa shape index (κ3) is 3.80. The summed E-state index contributed by atoms with van der Waals surface area (Å²) in [6, 6.07) is 18.5. The lowest BCUT2D eigenvalue weighted by Gasteiger charge is -2.17. The van der Waals surface area contributed by atoms with Gasteiger partial charge in [0.25, 0.3) is 0 Å². The highest BCUT2D eigenvalue weighted by atomic mass is 35.5. The van der Waals surface area contributed by atoms with E-state index in [1.807, 2.05) is 36.4 Å². The number of ether oxygens (including phenoxy) is 1. The molecule has 110 valence electrons. The van der Waals surface area contributed by atoms with Crippen molar-refractivity contribution in [3.8, 4) is 16.9 Å². The van der Waals surface area contributed by atoms with Gasteiger partial charge in [0.1, 0.15) is 16.9 Å². The Morgan fingerprint density at radius 1 is 1.05 bits per heavy atom. The Hall–Kier alpha value is -1.45. The molecule has 0 aliphatic carbocycles. The molecule has 4 heteroatoms. The van der Waals surface area contributed by atoms with Crippen LogP contribution in [0.4, 0.5) is 0 Å². The molecule has 0 saturated heterocycles. The first-order valence-corrected chi connectivity index (χ1v) is 7.81. The first-order chi connectivity index (χ1) is 9.84. The van der Waals surface area contributed by atoms with E-state index in [1.165, 1.54) is 5.56 Å². The highest BCUT2D eigenvalue weighted by molar-refractivity contribution is 8.14. The second-order valence-electron chi connectivity index (χ2n) is 4.69. The first kappa shape index (κ1) is 15.9. The number of hydrogen-bond acceptors (Lipinski definition) is 3. The van der Waals surface area contributed by atoms with Crippen LogP contribution < -0.4 is 4.74 Å². The maximum Gasteiger partial charge on any atom is 0.143 e. The van der Waals surface area contributed by atoms with E-state index in [2.05, 4.69) is 30.1 Å². The Kier molecular flexibility index (Phi) is 5.71. The first-order valence-electron chi connectivity index (χ1n) is 6.83. The fraction of sp³-hybridized carbons (Fsp3) is 0.235. The molecule has 1 heterocycles. The zero-order chi connectivity index (χ0) is 13.8. The summed E-state index contributed by atoms with van der Waals surface area (Å²) >= 11 is 1.80. The molecular weight excluding hydrogens is 302 g/mol. The lowest BCUT2D eigenvalue weighted by atomic mass is 10.0. The number of hydrogen-bond donors (Lipinski definition) is 0. The number of thioether (sulfide) groups is 1. The Balaban J connectivity index is 0.00000161. The maximum absolute atomic E-state index is 6.13. The molecule has 1 unspecified atom stereocenters. The van der Waals surface area contributed by atoms with Crippen LogP contribution in [-0.4, -0.2) is 23.4 Å². The van der Waals surface area contributed by atoms with E-state index < -0.39 is 0 Å². The molecule has 1 aliphatic rings. The van der Waals surface area contributed by atoms with Gasteiger partial charge in [-0.1, -0.05) is 48.5 Å². The summed E-state index contributed by atoms with van der Waals surface area (Å²) in [4.78, 5) is 4.49. The quantitative estimate of drug-likeness (QED) is 0.815. The Morgan fingerprint density at radius 2 is 1.76 bits per heavy atom. The van der Waals surface area contributed by atoms with Gasteiger partial charge in [-0.2, -0.15) is 0 Å². The third-order valence-electron chi connectivity index (χ3n) is 3.23. The predicted octanol–water partition coefficient (Wildman–Crippen LogP) is 4.69. The lowest BCUT2D eigenvalue weighted by Crippen LogP contribution is -2.20. The Morgan fingerprint density at radius 3 is 2.48 bits per heavy atom. The molecule has 2 aromatic rings. The van der Waals surface area contributed by atoms with Crippen LogP contribution >= 0.6 is 24.2 Å². The fourth-order valence-corrected chi connectivity index (χ4v) is 3.12. The molecule has 0 saturated carbocycles. The lowest BCUT2D eigenvalue weighted by molar-refractivity contribution is 0.291. The molecule has 1 aliphatic heterocycles. The average Bonchev–Trinajstić information content (AvgIpc) is 3.03. The van der Waals surface area contributed by atoms with Crippen molar-refractivity contribution in [3.63, 3.8) is 0 Å². The summed E-state index contributed by atoms with van der Waals surface area (Å²) in [6.07, 6.45) is 0.0207. The van der Waals surface area contributed by atoms with E-state index >= 15 is 0 Å². The fourth-order valence-electron chi connectivity index (χ4n) is 2.26. The maximum atomic E-state index is 6.13. The largest absolute Gasteiger partial charge is 0.483 e. The van der Waals surface area contributed by atoms with E-state index in [1.54, 1.807) is 11.8 Å². The minimum Gasteiger partial charge on any atom is -0.483 e. The normalized spacial score (nSPS) is 15.0. The van der Waals surface area contributed by atoms with Gasteiger partial charge in [-0.3, -0.25) is 4.99 Å².